The largest absolute Gasteiger partial charge is 0.325 e. The Kier molecular flexibility index (Phi) is 6.32. The highest BCUT2D eigenvalue weighted by molar-refractivity contribution is 7.91. The molecule has 2 aromatic carbocycles. The fourth-order valence-electron chi connectivity index (χ4n) is 3.81. The van der Waals surface area contributed by atoms with Crippen LogP contribution >= 0.6 is 0 Å². The molecule has 1 N–H and O–H groups in total. The zero-order chi connectivity index (χ0) is 22.6. The van der Waals surface area contributed by atoms with Crippen molar-refractivity contribution in [2.75, 3.05) is 11.1 Å². The molecule has 1 aliphatic heterocycles. The molecule has 1 aliphatic rings. The van der Waals surface area contributed by atoms with Crippen molar-refractivity contribution in [1.82, 2.24) is 14.8 Å². The van der Waals surface area contributed by atoms with Gasteiger partial charge in [0.2, 0.25) is 5.91 Å². The minimum Gasteiger partial charge on any atom is -0.325 e. The lowest BCUT2D eigenvalue weighted by Crippen LogP contribution is -2.24. The Morgan fingerprint density at radius 1 is 1.09 bits per heavy atom. The van der Waals surface area contributed by atoms with E-state index in [-0.39, 0.29) is 5.75 Å². The number of hydrogen-bond acceptors (Lipinski definition) is 6. The van der Waals surface area contributed by atoms with Crippen LogP contribution in [0.5, 0.6) is 0 Å². The molecular formula is C23H23N5O3S. The van der Waals surface area contributed by atoms with Crippen LogP contribution < -0.4 is 5.32 Å². The van der Waals surface area contributed by atoms with Crippen LogP contribution in [0.4, 0.5) is 5.69 Å². The van der Waals surface area contributed by atoms with Crippen molar-refractivity contribution < 1.29 is 13.2 Å². The molecular weight excluding hydrogens is 426 g/mol. The maximum atomic E-state index is 12.5. The monoisotopic (exact) mass is 449 g/mol. The molecule has 0 fully saturated rings. The first-order chi connectivity index (χ1) is 15.4. The van der Waals surface area contributed by atoms with E-state index in [1.54, 1.807) is 42.5 Å². The maximum Gasteiger partial charge on any atom is 0.239 e. The number of carbonyl (C=O) groups is 1. The summed E-state index contributed by atoms with van der Waals surface area (Å²) < 4.78 is 27.0. The second-order valence-corrected chi connectivity index (χ2v) is 9.94. The minimum absolute atomic E-state index is 0.266. The van der Waals surface area contributed by atoms with Crippen LogP contribution in [-0.4, -0.2) is 34.8 Å². The SMILES string of the molecule is N#Cc1ccc(CS(=O)(=O)CC(=O)Nc2cccc(-c3nnc4n3CCCCC4)c2)cc1. The molecule has 0 saturated carbocycles. The molecule has 2 heterocycles. The summed E-state index contributed by atoms with van der Waals surface area (Å²) >= 11 is 0. The third-order valence-corrected chi connectivity index (χ3v) is 6.81. The molecule has 0 atom stereocenters. The van der Waals surface area contributed by atoms with Crippen LogP contribution in [0.25, 0.3) is 11.4 Å². The van der Waals surface area contributed by atoms with E-state index < -0.39 is 21.5 Å². The molecule has 0 spiro atoms. The number of nitrogens with one attached hydrogen (secondary N) is 1. The topological polar surface area (TPSA) is 118 Å². The lowest BCUT2D eigenvalue weighted by molar-refractivity contribution is -0.113. The highest BCUT2D eigenvalue weighted by Gasteiger charge is 2.19. The van der Waals surface area contributed by atoms with Gasteiger partial charge in [-0.2, -0.15) is 5.26 Å². The smallest absolute Gasteiger partial charge is 0.239 e. The number of nitrogens with zero attached hydrogens (tertiary/aromatic N) is 4. The summed E-state index contributed by atoms with van der Waals surface area (Å²) in [7, 11) is -3.66. The van der Waals surface area contributed by atoms with E-state index in [9.17, 15) is 13.2 Å². The number of anilines is 1. The van der Waals surface area contributed by atoms with E-state index in [1.807, 2.05) is 12.1 Å². The van der Waals surface area contributed by atoms with E-state index in [1.165, 1.54) is 0 Å². The van der Waals surface area contributed by atoms with E-state index >= 15 is 0 Å². The average molecular weight is 450 g/mol. The summed E-state index contributed by atoms with van der Waals surface area (Å²) in [6.45, 7) is 0.863. The van der Waals surface area contributed by atoms with Crippen molar-refractivity contribution in [2.24, 2.45) is 0 Å². The first-order valence-electron chi connectivity index (χ1n) is 10.5. The van der Waals surface area contributed by atoms with Gasteiger partial charge < -0.3 is 9.88 Å². The van der Waals surface area contributed by atoms with Crippen LogP contribution in [0.15, 0.2) is 48.5 Å². The van der Waals surface area contributed by atoms with Gasteiger partial charge in [0.1, 0.15) is 11.6 Å². The second kappa shape index (κ2) is 9.32. The number of sulfone groups is 1. The summed E-state index contributed by atoms with van der Waals surface area (Å²) in [6.07, 6.45) is 4.24. The van der Waals surface area contributed by atoms with Crippen LogP contribution in [0.2, 0.25) is 0 Å². The van der Waals surface area contributed by atoms with Gasteiger partial charge in [-0.3, -0.25) is 4.79 Å². The second-order valence-electron chi connectivity index (χ2n) is 7.87. The maximum absolute atomic E-state index is 12.5. The van der Waals surface area contributed by atoms with Crippen LogP contribution in [0.3, 0.4) is 0 Å². The Labute approximate surface area is 186 Å². The zero-order valence-electron chi connectivity index (χ0n) is 17.5. The number of hydrogen-bond donors (Lipinski definition) is 1. The lowest BCUT2D eigenvalue weighted by Gasteiger charge is -2.10. The van der Waals surface area contributed by atoms with Gasteiger partial charge in [0.25, 0.3) is 0 Å². The third kappa shape index (κ3) is 5.21. The summed E-state index contributed by atoms with van der Waals surface area (Å²) in [5.74, 6) is 0.235. The van der Waals surface area contributed by atoms with Crippen molar-refractivity contribution in [1.29, 1.82) is 5.26 Å². The van der Waals surface area contributed by atoms with Crippen LogP contribution in [0.1, 0.15) is 36.2 Å². The molecule has 0 bridgehead atoms. The van der Waals surface area contributed by atoms with E-state index in [0.717, 1.165) is 49.4 Å². The number of aromatic nitrogens is 3. The fraction of sp³-hybridized carbons (Fsp3) is 0.304. The Morgan fingerprint density at radius 3 is 2.69 bits per heavy atom. The molecule has 0 aliphatic carbocycles. The highest BCUT2D eigenvalue weighted by atomic mass is 32.2. The summed E-state index contributed by atoms with van der Waals surface area (Å²) in [6, 6.07) is 15.5. The Bertz CT molecular complexity index is 1270. The van der Waals surface area contributed by atoms with Gasteiger partial charge in [-0.15, -0.1) is 10.2 Å². The molecule has 3 aromatic rings. The minimum atomic E-state index is -3.66. The fourth-order valence-corrected chi connectivity index (χ4v) is 5.09. The summed E-state index contributed by atoms with van der Waals surface area (Å²) in [5, 5.41) is 20.2. The lowest BCUT2D eigenvalue weighted by atomic mass is 10.2. The highest BCUT2D eigenvalue weighted by Crippen LogP contribution is 2.25. The molecule has 8 nitrogen and oxygen atoms in total. The van der Waals surface area contributed by atoms with Gasteiger partial charge in [0, 0.05) is 24.2 Å². The zero-order valence-corrected chi connectivity index (χ0v) is 18.3. The van der Waals surface area contributed by atoms with Crippen molar-refractivity contribution in [3.8, 4) is 17.5 Å². The molecule has 0 saturated heterocycles. The van der Waals surface area contributed by atoms with Gasteiger partial charge >= 0.3 is 0 Å². The van der Waals surface area contributed by atoms with Crippen molar-refractivity contribution >= 4 is 21.4 Å². The number of carbonyl (C=O) groups excluding carboxylic acids is 1. The predicted octanol–water partition coefficient (Wildman–Crippen LogP) is 3.10. The summed E-state index contributed by atoms with van der Waals surface area (Å²) in [4.78, 5) is 12.4. The Hall–Kier alpha value is -3.51. The molecule has 0 unspecified atom stereocenters. The quantitative estimate of drug-likeness (QED) is 0.618. The Balaban J connectivity index is 1.44. The molecule has 0 radical (unpaired) electrons. The van der Waals surface area contributed by atoms with E-state index in [0.29, 0.717) is 16.8 Å². The number of rotatable bonds is 6. The number of amides is 1. The average Bonchev–Trinajstić information content (AvgIpc) is 3.02. The van der Waals surface area contributed by atoms with Gasteiger partial charge in [-0.1, -0.05) is 30.7 Å². The van der Waals surface area contributed by atoms with E-state index in [4.69, 9.17) is 5.26 Å². The first kappa shape index (κ1) is 21.7. The van der Waals surface area contributed by atoms with Gasteiger partial charge in [-0.05, 0) is 42.7 Å². The molecule has 32 heavy (non-hydrogen) atoms. The molecule has 9 heteroatoms. The standard InChI is InChI=1S/C23H23N5O3S/c24-14-17-8-10-18(11-9-17)15-32(30,31)16-22(29)25-20-6-4-5-19(13-20)23-27-26-21-7-2-1-3-12-28(21)23/h4-6,8-11,13H,1-3,7,12,15-16H2,(H,25,29). The molecule has 164 valence electrons. The summed E-state index contributed by atoms with van der Waals surface area (Å²) in [5.41, 5.74) is 2.32. The molecule has 4 rings (SSSR count). The third-order valence-electron chi connectivity index (χ3n) is 5.33. The number of nitriles is 1. The number of aryl methyl sites for hydroxylation is 1. The van der Waals surface area contributed by atoms with Crippen molar-refractivity contribution in [3.05, 3.63) is 65.5 Å². The van der Waals surface area contributed by atoms with Crippen LogP contribution in [0, 0.1) is 11.3 Å². The van der Waals surface area contributed by atoms with Gasteiger partial charge in [-0.25, -0.2) is 8.42 Å². The molecule has 1 amide bonds. The first-order valence-corrected chi connectivity index (χ1v) is 12.3. The van der Waals surface area contributed by atoms with Gasteiger partial charge in [0.05, 0.1) is 17.4 Å². The van der Waals surface area contributed by atoms with Crippen molar-refractivity contribution in [3.63, 3.8) is 0 Å². The number of benzene rings is 2. The predicted molar refractivity (Wildman–Crippen MR) is 120 cm³/mol. The normalized spacial score (nSPS) is 13.6. The van der Waals surface area contributed by atoms with Crippen molar-refractivity contribution in [2.45, 2.75) is 38.0 Å². The van der Waals surface area contributed by atoms with Gasteiger partial charge in [0.15, 0.2) is 15.7 Å². The Morgan fingerprint density at radius 2 is 1.91 bits per heavy atom. The van der Waals surface area contributed by atoms with Crippen LogP contribution in [-0.2, 0) is 33.4 Å². The number of fused-ring (bicyclic) bond motifs is 1. The van der Waals surface area contributed by atoms with E-state index in [2.05, 4.69) is 20.1 Å². The molecule has 1 aromatic heterocycles.